The smallest absolute Gasteiger partial charge is 0.205 e. The lowest BCUT2D eigenvalue weighted by Crippen LogP contribution is -2.42. The van der Waals surface area contributed by atoms with Crippen molar-refractivity contribution in [2.75, 3.05) is 13.1 Å². The molecule has 4 N–H and O–H groups in total. The Bertz CT molecular complexity index is 295. The van der Waals surface area contributed by atoms with Crippen molar-refractivity contribution in [1.82, 2.24) is 10.7 Å². The van der Waals surface area contributed by atoms with Gasteiger partial charge in [-0.15, -0.1) is 0 Å². The van der Waals surface area contributed by atoms with Crippen LogP contribution in [0.2, 0.25) is 0 Å². The molecule has 0 saturated heterocycles. The number of aliphatic imine (C=N–C) groups is 1. The Morgan fingerprint density at radius 2 is 2.44 bits per heavy atom. The summed E-state index contributed by atoms with van der Waals surface area (Å²) in [5.74, 6) is 6.06. The normalized spacial score (nSPS) is 11.5. The maximum atomic E-state index is 5.37. The number of hydrogen-bond donors (Lipinski definition) is 3. The fourth-order valence-electron chi connectivity index (χ4n) is 1.26. The maximum Gasteiger partial charge on any atom is 0.205 e. The van der Waals surface area contributed by atoms with Crippen LogP contribution in [0.1, 0.15) is 25.3 Å². The highest BCUT2D eigenvalue weighted by Gasteiger charge is 1.96. The van der Waals surface area contributed by atoms with Gasteiger partial charge in [0, 0.05) is 13.1 Å². The number of rotatable bonds is 6. The average molecular weight is 240 g/mol. The molecule has 0 atom stereocenters. The second-order valence-electron chi connectivity index (χ2n) is 3.54. The molecule has 0 saturated carbocycles. The van der Waals surface area contributed by atoms with Crippen molar-refractivity contribution in [1.29, 1.82) is 0 Å². The molecule has 5 heteroatoms. The van der Waals surface area contributed by atoms with Gasteiger partial charge >= 0.3 is 0 Å². The predicted octanol–water partition coefficient (Wildman–Crippen LogP) is 1.50. The monoisotopic (exact) mass is 240 g/mol. The highest BCUT2D eigenvalue weighted by Crippen LogP contribution is 2.05. The molecule has 0 unspecified atom stereocenters. The molecule has 0 amide bonds. The Morgan fingerprint density at radius 3 is 3.06 bits per heavy atom. The van der Waals surface area contributed by atoms with E-state index < -0.39 is 0 Å². The number of nitrogens with two attached hydrogens (primary N) is 1. The first-order valence-corrected chi connectivity index (χ1v) is 6.57. The Morgan fingerprint density at radius 1 is 1.56 bits per heavy atom. The van der Waals surface area contributed by atoms with E-state index in [2.05, 4.69) is 39.5 Å². The molecule has 1 heterocycles. The van der Waals surface area contributed by atoms with Gasteiger partial charge in [0.2, 0.25) is 5.96 Å². The second-order valence-corrected chi connectivity index (χ2v) is 4.32. The molecule has 0 spiro atoms. The van der Waals surface area contributed by atoms with Crippen LogP contribution in [-0.4, -0.2) is 19.0 Å². The largest absolute Gasteiger partial charge is 0.355 e. The van der Waals surface area contributed by atoms with Gasteiger partial charge in [-0.2, -0.15) is 11.3 Å². The molecule has 0 aromatic carbocycles. The maximum absolute atomic E-state index is 5.37. The highest BCUT2D eigenvalue weighted by molar-refractivity contribution is 7.07. The molecule has 0 bridgehead atoms. The van der Waals surface area contributed by atoms with Gasteiger partial charge in [0.25, 0.3) is 0 Å². The Kier molecular flexibility index (Phi) is 6.60. The van der Waals surface area contributed by atoms with Gasteiger partial charge in [-0.1, -0.05) is 13.3 Å². The zero-order chi connectivity index (χ0) is 11.6. The van der Waals surface area contributed by atoms with E-state index in [1.54, 1.807) is 11.3 Å². The minimum Gasteiger partial charge on any atom is -0.355 e. The summed E-state index contributed by atoms with van der Waals surface area (Å²) >= 11 is 1.72. The first kappa shape index (κ1) is 13.0. The van der Waals surface area contributed by atoms with Crippen LogP contribution in [0.15, 0.2) is 21.8 Å². The van der Waals surface area contributed by atoms with Crippen molar-refractivity contribution >= 4 is 17.3 Å². The fraction of sp³-hybridized carbons (Fsp3) is 0.545. The van der Waals surface area contributed by atoms with Crippen LogP contribution in [0.4, 0.5) is 0 Å². The van der Waals surface area contributed by atoms with E-state index >= 15 is 0 Å². The van der Waals surface area contributed by atoms with Gasteiger partial charge < -0.3 is 5.32 Å². The van der Waals surface area contributed by atoms with Crippen LogP contribution in [-0.2, 0) is 6.42 Å². The molecule has 1 rings (SSSR count). The molecule has 90 valence electrons. The quantitative estimate of drug-likeness (QED) is 0.232. The van der Waals surface area contributed by atoms with E-state index in [0.717, 1.165) is 32.4 Å². The van der Waals surface area contributed by atoms with E-state index in [9.17, 15) is 0 Å². The lowest BCUT2D eigenvalue weighted by atomic mass is 10.2. The molecule has 16 heavy (non-hydrogen) atoms. The number of unbranched alkanes of at least 4 members (excludes halogenated alkanes) is 1. The minimum atomic E-state index is 0.684. The van der Waals surface area contributed by atoms with Crippen molar-refractivity contribution in [3.8, 4) is 0 Å². The van der Waals surface area contributed by atoms with Crippen molar-refractivity contribution in [3.05, 3.63) is 22.4 Å². The summed E-state index contributed by atoms with van der Waals surface area (Å²) in [7, 11) is 0. The van der Waals surface area contributed by atoms with E-state index in [0.29, 0.717) is 5.96 Å². The summed E-state index contributed by atoms with van der Waals surface area (Å²) < 4.78 is 0. The molecule has 1 aromatic rings. The number of hydrogen-bond acceptors (Lipinski definition) is 3. The Hall–Kier alpha value is -1.07. The molecule has 0 aliphatic carbocycles. The van der Waals surface area contributed by atoms with Gasteiger partial charge in [-0.05, 0) is 35.2 Å². The fourth-order valence-corrected chi connectivity index (χ4v) is 1.96. The van der Waals surface area contributed by atoms with E-state index in [1.807, 2.05) is 0 Å². The lowest BCUT2D eigenvalue weighted by Gasteiger charge is -2.08. The molecule has 4 nitrogen and oxygen atoms in total. The number of nitrogens with one attached hydrogen (secondary N) is 2. The van der Waals surface area contributed by atoms with Gasteiger partial charge in [0.1, 0.15) is 0 Å². The summed E-state index contributed by atoms with van der Waals surface area (Å²) in [5.41, 5.74) is 3.93. The summed E-state index contributed by atoms with van der Waals surface area (Å²) in [4.78, 5) is 4.32. The number of nitrogens with zero attached hydrogens (tertiary/aromatic N) is 1. The zero-order valence-electron chi connectivity index (χ0n) is 9.70. The molecular weight excluding hydrogens is 220 g/mol. The average Bonchev–Trinajstić information content (AvgIpc) is 2.80. The first-order valence-electron chi connectivity index (χ1n) is 5.62. The lowest BCUT2D eigenvalue weighted by molar-refractivity contribution is 0.771. The van der Waals surface area contributed by atoms with Crippen molar-refractivity contribution < 1.29 is 0 Å². The summed E-state index contributed by atoms with van der Waals surface area (Å²) in [6.45, 7) is 3.82. The van der Waals surface area contributed by atoms with Crippen LogP contribution in [0.3, 0.4) is 0 Å². The summed E-state index contributed by atoms with van der Waals surface area (Å²) in [6, 6.07) is 2.14. The summed E-state index contributed by atoms with van der Waals surface area (Å²) in [6.07, 6.45) is 3.24. The highest BCUT2D eigenvalue weighted by atomic mass is 32.1. The van der Waals surface area contributed by atoms with Crippen molar-refractivity contribution in [2.45, 2.75) is 26.2 Å². The van der Waals surface area contributed by atoms with Gasteiger partial charge in [-0.25, -0.2) is 5.84 Å². The first-order chi connectivity index (χ1) is 7.86. The molecule has 0 radical (unpaired) electrons. The third-order valence-corrected chi connectivity index (χ3v) is 2.94. The topological polar surface area (TPSA) is 62.4 Å². The van der Waals surface area contributed by atoms with Crippen LogP contribution in [0.5, 0.6) is 0 Å². The third kappa shape index (κ3) is 5.14. The molecule has 0 aliphatic rings. The van der Waals surface area contributed by atoms with E-state index in [4.69, 9.17) is 5.84 Å². The van der Waals surface area contributed by atoms with Gasteiger partial charge in [-0.3, -0.25) is 10.4 Å². The number of guanidine groups is 1. The van der Waals surface area contributed by atoms with Crippen molar-refractivity contribution in [3.63, 3.8) is 0 Å². The number of thiophene rings is 1. The van der Waals surface area contributed by atoms with Gasteiger partial charge in [0.15, 0.2) is 0 Å². The molecular formula is C11H20N4S. The van der Waals surface area contributed by atoms with Crippen LogP contribution in [0, 0.1) is 0 Å². The van der Waals surface area contributed by atoms with E-state index in [-0.39, 0.29) is 0 Å². The molecule has 0 aliphatic heterocycles. The predicted molar refractivity (Wildman–Crippen MR) is 70.6 cm³/mol. The van der Waals surface area contributed by atoms with E-state index in [1.165, 1.54) is 5.56 Å². The van der Waals surface area contributed by atoms with Crippen LogP contribution in [0.25, 0.3) is 0 Å². The Labute approximate surface area is 101 Å². The third-order valence-electron chi connectivity index (χ3n) is 2.20. The number of hydrazine groups is 1. The van der Waals surface area contributed by atoms with Crippen LogP contribution >= 0.6 is 11.3 Å². The second kappa shape index (κ2) is 8.13. The van der Waals surface area contributed by atoms with Gasteiger partial charge in [0.05, 0.1) is 0 Å². The molecule has 0 fully saturated rings. The SMILES string of the molecule is CCCCN=C(NN)NCCc1ccsc1. The summed E-state index contributed by atoms with van der Waals surface area (Å²) in [5, 5.41) is 7.43. The van der Waals surface area contributed by atoms with Crippen molar-refractivity contribution in [2.24, 2.45) is 10.8 Å². The van der Waals surface area contributed by atoms with Crippen LogP contribution < -0.4 is 16.6 Å². The zero-order valence-corrected chi connectivity index (χ0v) is 10.5. The molecule has 1 aromatic heterocycles. The Balaban J connectivity index is 2.20. The standard InChI is InChI=1S/C11H20N4S/c1-2-3-6-13-11(15-12)14-7-4-10-5-8-16-9-10/h5,8-9H,2-4,6-7,12H2,1H3,(H2,13,14,15). The minimum absolute atomic E-state index is 0.684.